The van der Waals surface area contributed by atoms with Crippen molar-refractivity contribution in [3.63, 3.8) is 0 Å². The van der Waals surface area contributed by atoms with Gasteiger partial charge in [-0.2, -0.15) is 0 Å². The smallest absolute Gasteiger partial charge is 0.236 e. The lowest BCUT2D eigenvalue weighted by Crippen LogP contribution is -2.22. The number of amides is 1. The molecule has 0 spiro atoms. The molecule has 0 fully saturated rings. The predicted molar refractivity (Wildman–Crippen MR) is 63.0 cm³/mol. The number of hydrogen-bond acceptors (Lipinski definition) is 5. The number of rotatable bonds is 4. The third-order valence-corrected chi connectivity index (χ3v) is 2.78. The SMILES string of the molecule is NC(=O)CNc1cc(-c2cccs2)ncn1. The lowest BCUT2D eigenvalue weighted by atomic mass is 10.3. The van der Waals surface area contributed by atoms with Crippen molar-refractivity contribution in [1.29, 1.82) is 0 Å². The molecule has 2 aromatic rings. The van der Waals surface area contributed by atoms with E-state index in [1.54, 1.807) is 17.4 Å². The van der Waals surface area contributed by atoms with Crippen molar-refractivity contribution in [2.75, 3.05) is 11.9 Å². The Bertz CT molecular complexity index is 483. The summed E-state index contributed by atoms with van der Waals surface area (Å²) in [6.45, 7) is 0.0703. The van der Waals surface area contributed by atoms with E-state index in [0.717, 1.165) is 10.6 Å². The van der Waals surface area contributed by atoms with Crippen LogP contribution in [-0.2, 0) is 4.79 Å². The monoisotopic (exact) mass is 234 g/mol. The number of nitrogens with two attached hydrogens (primary N) is 1. The molecule has 2 rings (SSSR count). The average Bonchev–Trinajstić information content (AvgIpc) is 2.80. The third-order valence-electron chi connectivity index (χ3n) is 1.88. The first kappa shape index (κ1) is 10.6. The summed E-state index contributed by atoms with van der Waals surface area (Å²) in [5.74, 6) is 0.175. The van der Waals surface area contributed by atoms with Crippen LogP contribution in [0.2, 0.25) is 0 Å². The van der Waals surface area contributed by atoms with E-state index in [-0.39, 0.29) is 6.54 Å². The van der Waals surface area contributed by atoms with Gasteiger partial charge in [0.05, 0.1) is 17.1 Å². The van der Waals surface area contributed by atoms with Gasteiger partial charge in [0.15, 0.2) is 0 Å². The zero-order chi connectivity index (χ0) is 11.4. The van der Waals surface area contributed by atoms with Crippen LogP contribution in [0.15, 0.2) is 29.9 Å². The summed E-state index contributed by atoms with van der Waals surface area (Å²) in [4.78, 5) is 19.8. The summed E-state index contributed by atoms with van der Waals surface area (Å²) in [5, 5.41) is 4.81. The Balaban J connectivity index is 2.17. The minimum absolute atomic E-state index is 0.0703. The van der Waals surface area contributed by atoms with Crippen LogP contribution in [0.1, 0.15) is 0 Å². The second-order valence-electron chi connectivity index (χ2n) is 3.09. The van der Waals surface area contributed by atoms with E-state index in [1.807, 2.05) is 17.5 Å². The Morgan fingerprint density at radius 1 is 1.50 bits per heavy atom. The molecule has 6 heteroatoms. The number of hydrogen-bond donors (Lipinski definition) is 2. The molecule has 0 atom stereocenters. The normalized spacial score (nSPS) is 10.0. The molecule has 5 nitrogen and oxygen atoms in total. The van der Waals surface area contributed by atoms with Crippen LogP contribution in [0.4, 0.5) is 5.82 Å². The van der Waals surface area contributed by atoms with Gasteiger partial charge in [-0.1, -0.05) is 6.07 Å². The predicted octanol–water partition coefficient (Wildman–Crippen LogP) is 1.10. The number of primary amides is 1. The van der Waals surface area contributed by atoms with Crippen molar-refractivity contribution in [2.24, 2.45) is 5.73 Å². The van der Waals surface area contributed by atoms with Gasteiger partial charge in [-0.05, 0) is 11.4 Å². The van der Waals surface area contributed by atoms with Gasteiger partial charge in [0.1, 0.15) is 12.1 Å². The third kappa shape index (κ3) is 2.54. The quantitative estimate of drug-likeness (QED) is 0.830. The number of anilines is 1. The van der Waals surface area contributed by atoms with Crippen LogP contribution in [-0.4, -0.2) is 22.4 Å². The second kappa shape index (κ2) is 4.71. The summed E-state index contributed by atoms with van der Waals surface area (Å²) in [7, 11) is 0. The molecular weight excluding hydrogens is 224 g/mol. The molecule has 0 unspecified atom stereocenters. The first-order valence-corrected chi connectivity index (χ1v) is 5.52. The summed E-state index contributed by atoms with van der Waals surface area (Å²) >= 11 is 1.60. The fourth-order valence-electron chi connectivity index (χ4n) is 1.19. The highest BCUT2D eigenvalue weighted by molar-refractivity contribution is 7.13. The molecule has 0 aliphatic heterocycles. The number of carbonyl (C=O) groups is 1. The number of aromatic nitrogens is 2. The Morgan fingerprint density at radius 3 is 3.06 bits per heavy atom. The van der Waals surface area contributed by atoms with Crippen molar-refractivity contribution in [3.8, 4) is 10.6 Å². The van der Waals surface area contributed by atoms with Crippen LogP contribution < -0.4 is 11.1 Å². The minimum Gasteiger partial charge on any atom is -0.368 e. The fraction of sp³-hybridized carbons (Fsp3) is 0.100. The fourth-order valence-corrected chi connectivity index (χ4v) is 1.88. The van der Waals surface area contributed by atoms with Gasteiger partial charge in [-0.25, -0.2) is 9.97 Å². The molecule has 16 heavy (non-hydrogen) atoms. The van der Waals surface area contributed by atoms with E-state index < -0.39 is 5.91 Å². The first-order chi connectivity index (χ1) is 7.75. The average molecular weight is 234 g/mol. The highest BCUT2D eigenvalue weighted by Crippen LogP contribution is 2.23. The van der Waals surface area contributed by atoms with Crippen LogP contribution in [0.3, 0.4) is 0 Å². The van der Waals surface area contributed by atoms with Crippen LogP contribution in [0, 0.1) is 0 Å². The van der Waals surface area contributed by atoms with E-state index in [0.29, 0.717) is 5.82 Å². The molecule has 2 aromatic heterocycles. The van der Waals surface area contributed by atoms with Crippen molar-refractivity contribution in [2.45, 2.75) is 0 Å². The highest BCUT2D eigenvalue weighted by atomic mass is 32.1. The molecule has 1 amide bonds. The van der Waals surface area contributed by atoms with Gasteiger partial charge in [0, 0.05) is 6.07 Å². The molecule has 2 heterocycles. The second-order valence-corrected chi connectivity index (χ2v) is 4.03. The zero-order valence-electron chi connectivity index (χ0n) is 8.38. The van der Waals surface area contributed by atoms with Gasteiger partial charge >= 0.3 is 0 Å². The topological polar surface area (TPSA) is 80.9 Å². The van der Waals surface area contributed by atoms with E-state index in [1.165, 1.54) is 6.33 Å². The standard InChI is InChI=1S/C10H10N4OS/c11-9(15)5-12-10-4-7(13-6-14-10)8-2-1-3-16-8/h1-4,6H,5H2,(H2,11,15)(H,12,13,14). The molecule has 82 valence electrons. The maximum atomic E-state index is 10.6. The Hall–Kier alpha value is -1.95. The minimum atomic E-state index is -0.420. The van der Waals surface area contributed by atoms with Crippen molar-refractivity contribution in [3.05, 3.63) is 29.9 Å². The Labute approximate surface area is 96.3 Å². The number of nitrogens with one attached hydrogen (secondary N) is 1. The molecule has 0 aliphatic rings. The lowest BCUT2D eigenvalue weighted by Gasteiger charge is -2.03. The van der Waals surface area contributed by atoms with E-state index in [9.17, 15) is 4.79 Å². The molecule has 0 radical (unpaired) electrons. The van der Waals surface area contributed by atoms with Crippen molar-refractivity contribution in [1.82, 2.24) is 9.97 Å². The van der Waals surface area contributed by atoms with Crippen LogP contribution in [0.5, 0.6) is 0 Å². The van der Waals surface area contributed by atoms with E-state index in [2.05, 4.69) is 15.3 Å². The number of carbonyl (C=O) groups excluding carboxylic acids is 1. The largest absolute Gasteiger partial charge is 0.368 e. The molecule has 0 saturated heterocycles. The van der Waals surface area contributed by atoms with Crippen molar-refractivity contribution >= 4 is 23.1 Å². The summed E-state index contributed by atoms with van der Waals surface area (Å²) in [6.07, 6.45) is 1.46. The maximum absolute atomic E-state index is 10.6. The van der Waals surface area contributed by atoms with Gasteiger partial charge < -0.3 is 11.1 Å². The van der Waals surface area contributed by atoms with E-state index in [4.69, 9.17) is 5.73 Å². The molecule has 0 aliphatic carbocycles. The first-order valence-electron chi connectivity index (χ1n) is 4.64. The van der Waals surface area contributed by atoms with Crippen molar-refractivity contribution < 1.29 is 4.79 Å². The zero-order valence-corrected chi connectivity index (χ0v) is 9.20. The lowest BCUT2D eigenvalue weighted by molar-refractivity contribution is -0.116. The summed E-state index contributed by atoms with van der Waals surface area (Å²) in [5.41, 5.74) is 5.86. The van der Waals surface area contributed by atoms with E-state index >= 15 is 0 Å². The molecule has 0 bridgehead atoms. The maximum Gasteiger partial charge on any atom is 0.236 e. The van der Waals surface area contributed by atoms with Crippen LogP contribution >= 0.6 is 11.3 Å². The molecular formula is C10H10N4OS. The summed E-state index contributed by atoms with van der Waals surface area (Å²) < 4.78 is 0. The van der Waals surface area contributed by atoms with Crippen LogP contribution in [0.25, 0.3) is 10.6 Å². The highest BCUT2D eigenvalue weighted by Gasteiger charge is 2.03. The van der Waals surface area contributed by atoms with Gasteiger partial charge in [-0.3, -0.25) is 4.79 Å². The summed E-state index contributed by atoms with van der Waals surface area (Å²) in [6, 6.07) is 5.72. The molecule has 0 aromatic carbocycles. The molecule has 0 saturated carbocycles. The number of nitrogens with zero attached hydrogens (tertiary/aromatic N) is 2. The van der Waals surface area contributed by atoms with Gasteiger partial charge in [-0.15, -0.1) is 11.3 Å². The molecule has 3 N–H and O–H groups in total. The Kier molecular flexibility index (Phi) is 3.11. The van der Waals surface area contributed by atoms with Gasteiger partial charge in [0.2, 0.25) is 5.91 Å². The number of thiophene rings is 1. The van der Waals surface area contributed by atoms with Gasteiger partial charge in [0.25, 0.3) is 0 Å². The Morgan fingerprint density at radius 2 is 2.38 bits per heavy atom.